The van der Waals surface area contributed by atoms with Crippen molar-refractivity contribution < 1.29 is 73.8 Å². The molecule has 1 atom stereocenters. The van der Waals surface area contributed by atoms with Crippen molar-refractivity contribution in [2.75, 3.05) is 6.54 Å². The zero-order valence-electron chi connectivity index (χ0n) is 12.9. The van der Waals surface area contributed by atoms with Gasteiger partial charge in [-0.25, -0.2) is 9.59 Å². The molecule has 27 heavy (non-hydrogen) atoms. The molecule has 1 aliphatic rings. The van der Waals surface area contributed by atoms with Gasteiger partial charge in [0.05, 0.1) is 0 Å². The lowest BCUT2D eigenvalue weighted by molar-refractivity contribution is -0.836. The smallest absolute Gasteiger partial charge is 0.525 e. The molecule has 1 rings (SSSR count). The molecule has 0 aromatic rings. The molecule has 1 fully saturated rings. The fraction of sp³-hybridized carbons (Fsp3) is 0.417. The summed E-state index contributed by atoms with van der Waals surface area (Å²) in [4.78, 5) is 82.0. The molecule has 148 valence electrons. The summed E-state index contributed by atoms with van der Waals surface area (Å²) in [6.07, 6.45) is -6.78. The number of hydrogen-bond donors (Lipinski definition) is 6. The molecule has 1 saturated heterocycles. The number of nitrogens with zero attached hydrogens (tertiary/aromatic N) is 1. The van der Waals surface area contributed by atoms with Gasteiger partial charge < -0.3 is 40.5 Å². The Hall–Kier alpha value is -3.75. The molecule has 0 saturated carbocycles. The Labute approximate surface area is 146 Å². The largest absolute Gasteiger partial charge is 0.550 e. The standard InChI is InChI=1S/C12H11NO14/c14-4(15)3-1-2-13(9(24)25,10(26)27)12(7(20)21,8(22)23)11(3,5(16)17)6(18)19/h3H,1-2H2,(H6-,14,15,16,17,18,19,20,21,22,23,24,25,26,27). The molecule has 15 heteroatoms. The van der Waals surface area contributed by atoms with Gasteiger partial charge in [-0.05, 0) is 0 Å². The van der Waals surface area contributed by atoms with Crippen molar-refractivity contribution in [3.05, 3.63) is 0 Å². The Morgan fingerprint density at radius 3 is 1.33 bits per heavy atom. The van der Waals surface area contributed by atoms with Gasteiger partial charge in [-0.1, -0.05) is 4.48 Å². The lowest BCUT2D eigenvalue weighted by Crippen LogP contribution is -2.88. The summed E-state index contributed by atoms with van der Waals surface area (Å²) in [5.74, 6) is -17.1. The van der Waals surface area contributed by atoms with Gasteiger partial charge in [0.15, 0.2) is 0 Å². The highest BCUT2D eigenvalue weighted by molar-refractivity contribution is 6.19. The highest BCUT2D eigenvalue weighted by Crippen LogP contribution is 2.53. The molecule has 2 amide bonds. The summed E-state index contributed by atoms with van der Waals surface area (Å²) in [5.41, 5.74) is -9.15. The Bertz CT molecular complexity index is 739. The summed E-state index contributed by atoms with van der Waals surface area (Å²) < 4.78 is -3.12. The van der Waals surface area contributed by atoms with Gasteiger partial charge in [0, 0.05) is 18.3 Å². The number of quaternary nitrogens is 1. The zero-order valence-corrected chi connectivity index (χ0v) is 12.9. The fourth-order valence-electron chi connectivity index (χ4n) is 3.57. The third kappa shape index (κ3) is 2.08. The molecule has 0 aromatic carbocycles. The van der Waals surface area contributed by atoms with Gasteiger partial charge in [-0.15, -0.1) is 0 Å². The van der Waals surface area contributed by atoms with Crippen LogP contribution in [0.2, 0.25) is 0 Å². The van der Waals surface area contributed by atoms with Crippen LogP contribution in [0.25, 0.3) is 0 Å². The molecule has 6 N–H and O–H groups in total. The molecule has 1 heterocycles. The number of hydrogen-bond acceptors (Lipinski definition) is 8. The van der Waals surface area contributed by atoms with Crippen molar-refractivity contribution in [2.45, 2.75) is 12.0 Å². The second-order valence-corrected chi connectivity index (χ2v) is 5.50. The minimum absolute atomic E-state index is 1.33. The third-order valence-corrected chi connectivity index (χ3v) is 4.65. The van der Waals surface area contributed by atoms with Crippen molar-refractivity contribution in [1.29, 1.82) is 0 Å². The maximum Gasteiger partial charge on any atom is 0.525 e. The molecule has 0 aliphatic carbocycles. The van der Waals surface area contributed by atoms with Gasteiger partial charge in [-0.2, -0.15) is 9.59 Å². The summed E-state index contributed by atoms with van der Waals surface area (Å²) in [6.45, 7) is -1.57. The van der Waals surface area contributed by atoms with Gasteiger partial charge in [-0.3, -0.25) is 9.59 Å². The van der Waals surface area contributed by atoms with Crippen molar-refractivity contribution >= 4 is 42.0 Å². The van der Waals surface area contributed by atoms with E-state index in [1.807, 2.05) is 0 Å². The maximum atomic E-state index is 11.9. The number of piperidine rings is 1. The number of amides is 2. The molecule has 1 unspecified atom stereocenters. The minimum atomic E-state index is -4.70. The van der Waals surface area contributed by atoms with Crippen LogP contribution in [0, 0.1) is 11.3 Å². The predicted octanol–water partition coefficient (Wildman–Crippen LogP) is -3.01. The summed E-state index contributed by atoms with van der Waals surface area (Å²) in [7, 11) is 0. The monoisotopic (exact) mass is 393 g/mol. The normalized spacial score (nSPS) is 22.1. The highest BCUT2D eigenvalue weighted by Gasteiger charge is 2.90. The van der Waals surface area contributed by atoms with E-state index >= 15 is 0 Å². The van der Waals surface area contributed by atoms with E-state index in [4.69, 9.17) is 0 Å². The van der Waals surface area contributed by atoms with Gasteiger partial charge in [0.25, 0.3) is 0 Å². The van der Waals surface area contributed by atoms with Crippen LogP contribution in [-0.4, -0.2) is 89.2 Å². The Morgan fingerprint density at radius 2 is 1.11 bits per heavy atom. The summed E-state index contributed by atoms with van der Waals surface area (Å²) in [5, 5.41) is 67.7. The van der Waals surface area contributed by atoms with Gasteiger partial charge >= 0.3 is 41.6 Å². The van der Waals surface area contributed by atoms with Crippen LogP contribution < -0.4 is 5.11 Å². The van der Waals surface area contributed by atoms with E-state index < -0.39 is 76.4 Å². The average Bonchev–Trinajstić information content (AvgIpc) is 2.50. The van der Waals surface area contributed by atoms with E-state index in [1.54, 1.807) is 0 Å². The van der Waals surface area contributed by atoms with E-state index in [0.717, 1.165) is 0 Å². The number of rotatable bonds is 5. The average molecular weight is 393 g/mol. The van der Waals surface area contributed by atoms with E-state index in [0.29, 0.717) is 0 Å². The van der Waals surface area contributed by atoms with Gasteiger partial charge in [0.2, 0.25) is 5.41 Å². The first-order valence-electron chi connectivity index (χ1n) is 6.70. The van der Waals surface area contributed by atoms with Crippen molar-refractivity contribution in [2.24, 2.45) is 11.3 Å². The first-order valence-corrected chi connectivity index (χ1v) is 6.70. The van der Waals surface area contributed by atoms with E-state index in [1.165, 1.54) is 0 Å². The van der Waals surface area contributed by atoms with Crippen LogP contribution in [0.5, 0.6) is 0 Å². The lowest BCUT2D eigenvalue weighted by atomic mass is 9.56. The number of likely N-dealkylation sites (tertiary alicyclic amines) is 1. The number of imide groups is 1. The van der Waals surface area contributed by atoms with Gasteiger partial charge in [0.1, 0.15) is 6.54 Å². The molecular formula is C12H11NO14. The van der Waals surface area contributed by atoms with Crippen LogP contribution in [0.4, 0.5) is 9.59 Å². The summed E-state index contributed by atoms with van der Waals surface area (Å²) in [6, 6.07) is 0. The lowest BCUT2D eigenvalue weighted by Gasteiger charge is -2.52. The van der Waals surface area contributed by atoms with Crippen LogP contribution >= 0.6 is 0 Å². The Balaban J connectivity index is 4.44. The molecular weight excluding hydrogens is 382 g/mol. The minimum Gasteiger partial charge on any atom is -0.550 e. The number of carboxylic acids is 5. The molecule has 1 aliphatic heterocycles. The number of carbonyl (C=O) groups is 7. The van der Waals surface area contributed by atoms with Crippen molar-refractivity contribution in [3.8, 4) is 0 Å². The predicted molar refractivity (Wildman–Crippen MR) is 70.0 cm³/mol. The fourth-order valence-corrected chi connectivity index (χ4v) is 3.57. The highest BCUT2D eigenvalue weighted by atomic mass is 16.5. The first-order chi connectivity index (χ1) is 12.2. The van der Waals surface area contributed by atoms with E-state index in [9.17, 15) is 69.3 Å². The van der Waals surface area contributed by atoms with Crippen molar-refractivity contribution in [1.82, 2.24) is 0 Å². The molecule has 0 radical (unpaired) electrons. The number of aliphatic carboxylic acids is 5. The van der Waals surface area contributed by atoms with Crippen LogP contribution in [0.3, 0.4) is 0 Å². The quantitative estimate of drug-likeness (QED) is 0.201. The topological polar surface area (TPSA) is 264 Å². The van der Waals surface area contributed by atoms with Crippen molar-refractivity contribution in [3.63, 3.8) is 0 Å². The second kappa shape index (κ2) is 6.20. The first kappa shape index (κ1) is 21.3. The summed E-state index contributed by atoms with van der Waals surface area (Å²) >= 11 is 0. The maximum absolute atomic E-state index is 11.9. The molecule has 15 nitrogen and oxygen atoms in total. The molecule has 0 spiro atoms. The Kier molecular flexibility index (Phi) is 4.89. The zero-order chi connectivity index (χ0) is 21.5. The van der Waals surface area contributed by atoms with Crippen LogP contribution in [-0.2, 0) is 24.0 Å². The second-order valence-electron chi connectivity index (χ2n) is 5.50. The molecule has 0 bridgehead atoms. The molecule has 0 aromatic heterocycles. The third-order valence-electron chi connectivity index (χ3n) is 4.65. The SMILES string of the molecule is O=C([O-])C1CC[N+](C(=O)O)(C(=O)O)C(C(=O)O)(C(=O)O)C1(C(=O)O)C(=O)O. The van der Waals surface area contributed by atoms with Crippen LogP contribution in [0.1, 0.15) is 6.42 Å². The Morgan fingerprint density at radius 1 is 0.741 bits per heavy atom. The number of carboxylic acid groups (broad SMARTS) is 7. The van der Waals surface area contributed by atoms with E-state index in [2.05, 4.69) is 0 Å². The van der Waals surface area contributed by atoms with Crippen LogP contribution in [0.15, 0.2) is 0 Å². The van der Waals surface area contributed by atoms with E-state index in [-0.39, 0.29) is 0 Å². The number of carbonyl (C=O) groups excluding carboxylic acids is 1.